The Balaban J connectivity index is 1.89. The standard InChI is InChI=1S/C16H28F2N2O/c1-3-12-11-20(10-7-14(12)19-4-2)15(21)13-5-8-16(17,18)9-6-13/h12-14,19H,3-11H2,1-2H3. The Morgan fingerprint density at radius 3 is 2.48 bits per heavy atom. The van der Waals surface area contributed by atoms with Gasteiger partial charge in [-0.05, 0) is 31.7 Å². The minimum Gasteiger partial charge on any atom is -0.342 e. The number of rotatable bonds is 4. The highest BCUT2D eigenvalue weighted by atomic mass is 19.3. The molecule has 1 saturated carbocycles. The fourth-order valence-electron chi connectivity index (χ4n) is 3.72. The van der Waals surface area contributed by atoms with Gasteiger partial charge in [-0.3, -0.25) is 4.79 Å². The van der Waals surface area contributed by atoms with Gasteiger partial charge in [0.15, 0.2) is 0 Å². The highest BCUT2D eigenvalue weighted by Gasteiger charge is 2.40. The molecule has 1 heterocycles. The Kier molecular flexibility index (Phi) is 5.58. The van der Waals surface area contributed by atoms with Gasteiger partial charge >= 0.3 is 0 Å². The first kappa shape index (κ1) is 16.7. The summed E-state index contributed by atoms with van der Waals surface area (Å²) in [5.74, 6) is -2.15. The second kappa shape index (κ2) is 7.03. The molecule has 122 valence electrons. The molecule has 0 aromatic rings. The second-order valence-electron chi connectivity index (χ2n) is 6.54. The van der Waals surface area contributed by atoms with Crippen LogP contribution in [0, 0.1) is 11.8 Å². The summed E-state index contributed by atoms with van der Waals surface area (Å²) < 4.78 is 26.4. The molecule has 2 fully saturated rings. The molecule has 21 heavy (non-hydrogen) atoms. The predicted octanol–water partition coefficient (Wildman–Crippen LogP) is 3.05. The summed E-state index contributed by atoms with van der Waals surface area (Å²) in [5.41, 5.74) is 0. The van der Waals surface area contributed by atoms with E-state index in [-0.39, 0.29) is 24.7 Å². The van der Waals surface area contributed by atoms with E-state index in [2.05, 4.69) is 19.2 Å². The number of nitrogens with one attached hydrogen (secondary N) is 1. The first-order valence-electron chi connectivity index (χ1n) is 8.36. The molecule has 5 heteroatoms. The number of amides is 1. The van der Waals surface area contributed by atoms with E-state index in [1.165, 1.54) is 0 Å². The molecular formula is C16H28F2N2O. The van der Waals surface area contributed by atoms with Crippen molar-refractivity contribution >= 4 is 5.91 Å². The van der Waals surface area contributed by atoms with Gasteiger partial charge in [-0.15, -0.1) is 0 Å². The Labute approximate surface area is 126 Å². The van der Waals surface area contributed by atoms with Crippen molar-refractivity contribution in [2.45, 2.75) is 64.3 Å². The lowest BCUT2D eigenvalue weighted by atomic mass is 9.84. The van der Waals surface area contributed by atoms with Gasteiger partial charge in [-0.2, -0.15) is 0 Å². The van der Waals surface area contributed by atoms with Crippen LogP contribution in [0.1, 0.15) is 52.4 Å². The van der Waals surface area contributed by atoms with E-state index in [1.807, 2.05) is 4.90 Å². The number of nitrogens with zero attached hydrogens (tertiary/aromatic N) is 1. The lowest BCUT2D eigenvalue weighted by molar-refractivity contribution is -0.141. The van der Waals surface area contributed by atoms with Crippen molar-refractivity contribution in [2.75, 3.05) is 19.6 Å². The van der Waals surface area contributed by atoms with Crippen molar-refractivity contribution in [1.82, 2.24) is 10.2 Å². The fourth-order valence-corrected chi connectivity index (χ4v) is 3.72. The molecular weight excluding hydrogens is 274 g/mol. The molecule has 3 nitrogen and oxygen atoms in total. The number of carbonyl (C=O) groups excluding carboxylic acids is 1. The summed E-state index contributed by atoms with van der Waals surface area (Å²) >= 11 is 0. The van der Waals surface area contributed by atoms with Crippen molar-refractivity contribution < 1.29 is 13.6 Å². The first-order chi connectivity index (χ1) is 9.96. The molecule has 0 spiro atoms. The summed E-state index contributed by atoms with van der Waals surface area (Å²) in [6.07, 6.45) is 2.44. The molecule has 2 atom stereocenters. The van der Waals surface area contributed by atoms with Crippen molar-refractivity contribution in [2.24, 2.45) is 11.8 Å². The normalized spacial score (nSPS) is 30.4. The quantitative estimate of drug-likeness (QED) is 0.865. The summed E-state index contributed by atoms with van der Waals surface area (Å²) in [7, 11) is 0. The van der Waals surface area contributed by atoms with Crippen LogP contribution in [0.3, 0.4) is 0 Å². The van der Waals surface area contributed by atoms with Crippen LogP contribution in [-0.2, 0) is 4.79 Å². The van der Waals surface area contributed by atoms with Gasteiger partial charge in [0.2, 0.25) is 11.8 Å². The van der Waals surface area contributed by atoms with E-state index in [4.69, 9.17) is 0 Å². The topological polar surface area (TPSA) is 32.3 Å². The van der Waals surface area contributed by atoms with E-state index in [9.17, 15) is 13.6 Å². The highest BCUT2D eigenvalue weighted by molar-refractivity contribution is 5.79. The van der Waals surface area contributed by atoms with Gasteiger partial charge in [-0.1, -0.05) is 20.3 Å². The van der Waals surface area contributed by atoms with Crippen molar-refractivity contribution in [3.05, 3.63) is 0 Å². The van der Waals surface area contributed by atoms with E-state index in [0.717, 1.165) is 32.5 Å². The predicted molar refractivity (Wildman–Crippen MR) is 79.3 cm³/mol. The van der Waals surface area contributed by atoms with Gasteiger partial charge in [0.05, 0.1) is 0 Å². The molecule has 2 aliphatic rings. The summed E-state index contributed by atoms with van der Waals surface area (Å²) in [6, 6.07) is 0.486. The van der Waals surface area contributed by atoms with Crippen molar-refractivity contribution in [3.63, 3.8) is 0 Å². The Morgan fingerprint density at radius 1 is 1.24 bits per heavy atom. The molecule has 0 bridgehead atoms. The van der Waals surface area contributed by atoms with E-state index < -0.39 is 5.92 Å². The van der Waals surface area contributed by atoms with E-state index in [1.54, 1.807) is 0 Å². The van der Waals surface area contributed by atoms with Crippen LogP contribution in [0.2, 0.25) is 0 Å². The molecule has 1 saturated heterocycles. The zero-order chi connectivity index (χ0) is 15.5. The highest BCUT2D eigenvalue weighted by Crippen LogP contribution is 2.37. The molecule has 2 unspecified atom stereocenters. The fraction of sp³-hybridized carbons (Fsp3) is 0.938. The van der Waals surface area contributed by atoms with Crippen LogP contribution in [0.4, 0.5) is 8.78 Å². The summed E-state index contributed by atoms with van der Waals surface area (Å²) in [4.78, 5) is 14.5. The Bertz CT molecular complexity index is 352. The van der Waals surface area contributed by atoms with Gasteiger partial charge < -0.3 is 10.2 Å². The molecule has 1 N–H and O–H groups in total. The third kappa shape index (κ3) is 4.15. The van der Waals surface area contributed by atoms with Crippen LogP contribution >= 0.6 is 0 Å². The average molecular weight is 302 g/mol. The average Bonchev–Trinajstić information content (AvgIpc) is 2.47. The number of halogens is 2. The lowest BCUT2D eigenvalue weighted by Gasteiger charge is -2.41. The van der Waals surface area contributed by atoms with Gasteiger partial charge in [0.25, 0.3) is 0 Å². The zero-order valence-electron chi connectivity index (χ0n) is 13.2. The van der Waals surface area contributed by atoms with Crippen LogP contribution < -0.4 is 5.32 Å². The minimum absolute atomic E-state index is 0.110. The smallest absolute Gasteiger partial charge is 0.248 e. The number of hydrogen-bond acceptors (Lipinski definition) is 2. The monoisotopic (exact) mass is 302 g/mol. The number of likely N-dealkylation sites (tertiary alicyclic amines) is 1. The zero-order valence-corrected chi connectivity index (χ0v) is 13.2. The van der Waals surface area contributed by atoms with Crippen LogP contribution in [0.15, 0.2) is 0 Å². The van der Waals surface area contributed by atoms with E-state index >= 15 is 0 Å². The van der Waals surface area contributed by atoms with Crippen LogP contribution in [0.5, 0.6) is 0 Å². The third-order valence-electron chi connectivity index (χ3n) is 5.10. The van der Waals surface area contributed by atoms with Gasteiger partial charge in [0, 0.05) is 37.9 Å². The van der Waals surface area contributed by atoms with Crippen molar-refractivity contribution in [1.29, 1.82) is 0 Å². The van der Waals surface area contributed by atoms with Gasteiger partial charge in [0.1, 0.15) is 0 Å². The molecule has 1 aliphatic heterocycles. The molecule has 0 aromatic carbocycles. The van der Waals surface area contributed by atoms with E-state index in [0.29, 0.717) is 24.8 Å². The number of piperidine rings is 1. The third-order valence-corrected chi connectivity index (χ3v) is 5.10. The maximum Gasteiger partial charge on any atom is 0.248 e. The Morgan fingerprint density at radius 2 is 1.90 bits per heavy atom. The summed E-state index contributed by atoms with van der Waals surface area (Å²) in [6.45, 7) is 6.75. The molecule has 0 radical (unpaired) electrons. The summed E-state index contributed by atoms with van der Waals surface area (Å²) in [5, 5.41) is 3.50. The molecule has 1 amide bonds. The number of carbonyl (C=O) groups is 1. The number of alkyl halides is 2. The molecule has 2 rings (SSSR count). The van der Waals surface area contributed by atoms with Crippen molar-refractivity contribution in [3.8, 4) is 0 Å². The maximum absolute atomic E-state index is 13.2. The first-order valence-corrected chi connectivity index (χ1v) is 8.36. The molecule has 0 aromatic heterocycles. The second-order valence-corrected chi connectivity index (χ2v) is 6.54. The maximum atomic E-state index is 13.2. The Hall–Kier alpha value is -0.710. The minimum atomic E-state index is -2.55. The largest absolute Gasteiger partial charge is 0.342 e. The SMILES string of the molecule is CCNC1CCN(C(=O)C2CCC(F)(F)CC2)CC1CC. The number of hydrogen-bond donors (Lipinski definition) is 1. The molecule has 1 aliphatic carbocycles. The lowest BCUT2D eigenvalue weighted by Crippen LogP contribution is -2.52. The van der Waals surface area contributed by atoms with Crippen LogP contribution in [-0.4, -0.2) is 42.4 Å². The van der Waals surface area contributed by atoms with Crippen LogP contribution in [0.25, 0.3) is 0 Å². The van der Waals surface area contributed by atoms with Gasteiger partial charge in [-0.25, -0.2) is 8.78 Å².